The van der Waals surface area contributed by atoms with Gasteiger partial charge in [-0.1, -0.05) is 0 Å². The van der Waals surface area contributed by atoms with E-state index in [1.54, 1.807) is 17.5 Å². The fourth-order valence-electron chi connectivity index (χ4n) is 2.14. The summed E-state index contributed by atoms with van der Waals surface area (Å²) in [5.41, 5.74) is 0. The highest BCUT2D eigenvalue weighted by Crippen LogP contribution is 2.18. The third kappa shape index (κ3) is 4.67. The Morgan fingerprint density at radius 3 is 2.59 bits per heavy atom. The number of carbonyl (C=O) groups excluding carboxylic acids is 1. The molecule has 1 aliphatic rings. The third-order valence-electron chi connectivity index (χ3n) is 3.50. The molecule has 1 aliphatic heterocycles. The van der Waals surface area contributed by atoms with Gasteiger partial charge in [0.05, 0.1) is 0 Å². The lowest BCUT2D eigenvalue weighted by atomic mass is 10.3. The number of anilines is 1. The molecule has 1 fully saturated rings. The molecule has 0 saturated carbocycles. The largest absolute Gasteiger partial charge is 0.345 e. The van der Waals surface area contributed by atoms with Crippen molar-refractivity contribution in [2.24, 2.45) is 0 Å². The van der Waals surface area contributed by atoms with Crippen LogP contribution in [0.15, 0.2) is 11.6 Å². The molecular formula is C14H24N4O2S2. The summed E-state index contributed by atoms with van der Waals surface area (Å²) in [6.45, 7) is 9.27. The van der Waals surface area contributed by atoms with Crippen molar-refractivity contribution in [1.29, 1.82) is 0 Å². The van der Waals surface area contributed by atoms with Crippen molar-refractivity contribution in [3.05, 3.63) is 11.6 Å². The van der Waals surface area contributed by atoms with Crippen LogP contribution in [0.25, 0.3) is 0 Å². The molecule has 1 aromatic heterocycles. The molecule has 1 atom stereocenters. The minimum absolute atomic E-state index is 0.0651. The number of amides is 2. The van der Waals surface area contributed by atoms with Gasteiger partial charge in [0.2, 0.25) is 0 Å². The predicted octanol–water partition coefficient (Wildman–Crippen LogP) is 1.52. The monoisotopic (exact) mass is 344 g/mol. The van der Waals surface area contributed by atoms with Crippen LogP contribution in [-0.4, -0.2) is 63.3 Å². The summed E-state index contributed by atoms with van der Waals surface area (Å²) in [6.07, 6.45) is 1.80. The number of nitrogens with zero attached hydrogens (tertiary/aromatic N) is 3. The molecule has 1 N–H and O–H groups in total. The standard InChI is InChI=1S/C14H24N4O2S2/c1-14(2,3)22(20)11-5-15-12(19)17-6-8-18(9-7-17)13-16-4-10-21-13/h4,10H,5-9,11H2,1-3H3,(H,15,19)/t22-/m0/s1. The molecule has 124 valence electrons. The van der Waals surface area contributed by atoms with Gasteiger partial charge in [-0.15, -0.1) is 11.3 Å². The van der Waals surface area contributed by atoms with E-state index in [1.807, 2.05) is 31.1 Å². The summed E-state index contributed by atoms with van der Waals surface area (Å²) in [5, 5.41) is 5.84. The smallest absolute Gasteiger partial charge is 0.317 e. The normalized spacial score (nSPS) is 17.4. The van der Waals surface area contributed by atoms with Gasteiger partial charge in [0, 0.05) is 65.6 Å². The lowest BCUT2D eigenvalue weighted by Crippen LogP contribution is -2.52. The van der Waals surface area contributed by atoms with Crippen molar-refractivity contribution in [2.45, 2.75) is 25.5 Å². The van der Waals surface area contributed by atoms with Crippen LogP contribution >= 0.6 is 11.3 Å². The number of piperazine rings is 1. The average molecular weight is 345 g/mol. The fraction of sp³-hybridized carbons (Fsp3) is 0.714. The zero-order chi connectivity index (χ0) is 16.2. The van der Waals surface area contributed by atoms with E-state index in [9.17, 15) is 9.00 Å². The maximum Gasteiger partial charge on any atom is 0.317 e. The molecule has 1 aromatic rings. The Labute approximate surface area is 138 Å². The van der Waals surface area contributed by atoms with Crippen LogP contribution in [0.1, 0.15) is 20.8 Å². The van der Waals surface area contributed by atoms with E-state index in [-0.39, 0.29) is 10.8 Å². The molecule has 2 heterocycles. The van der Waals surface area contributed by atoms with Crippen molar-refractivity contribution in [2.75, 3.05) is 43.4 Å². The van der Waals surface area contributed by atoms with Gasteiger partial charge in [-0.3, -0.25) is 4.21 Å². The first-order chi connectivity index (χ1) is 10.4. The van der Waals surface area contributed by atoms with Gasteiger partial charge in [-0.25, -0.2) is 9.78 Å². The number of carbonyl (C=O) groups is 1. The van der Waals surface area contributed by atoms with Crippen LogP contribution < -0.4 is 10.2 Å². The Morgan fingerprint density at radius 1 is 1.36 bits per heavy atom. The summed E-state index contributed by atoms with van der Waals surface area (Å²) >= 11 is 1.62. The van der Waals surface area contributed by atoms with E-state index in [4.69, 9.17) is 0 Å². The molecule has 2 amide bonds. The van der Waals surface area contributed by atoms with E-state index in [0.717, 1.165) is 18.2 Å². The predicted molar refractivity (Wildman–Crippen MR) is 92.1 cm³/mol. The number of thiazole rings is 1. The maximum absolute atomic E-state index is 12.1. The minimum Gasteiger partial charge on any atom is -0.345 e. The highest BCUT2D eigenvalue weighted by Gasteiger charge is 2.23. The summed E-state index contributed by atoms with van der Waals surface area (Å²) in [6, 6.07) is -0.0651. The SMILES string of the molecule is CC(C)(C)[S@@](=O)CCNC(=O)N1CCN(c2nccs2)CC1. The molecule has 0 bridgehead atoms. The molecule has 6 nitrogen and oxygen atoms in total. The lowest BCUT2D eigenvalue weighted by molar-refractivity contribution is 0.195. The van der Waals surface area contributed by atoms with E-state index >= 15 is 0 Å². The van der Waals surface area contributed by atoms with Crippen molar-refractivity contribution in [1.82, 2.24) is 15.2 Å². The fourth-order valence-corrected chi connectivity index (χ4v) is 3.74. The number of hydrogen-bond donors (Lipinski definition) is 1. The highest BCUT2D eigenvalue weighted by molar-refractivity contribution is 7.86. The first-order valence-electron chi connectivity index (χ1n) is 7.43. The van der Waals surface area contributed by atoms with Gasteiger partial charge in [0.15, 0.2) is 5.13 Å². The van der Waals surface area contributed by atoms with Crippen LogP contribution in [0, 0.1) is 0 Å². The Bertz CT molecular complexity index is 505. The summed E-state index contributed by atoms with van der Waals surface area (Å²) in [5.74, 6) is 0.494. The number of hydrogen-bond acceptors (Lipinski definition) is 5. The number of aromatic nitrogens is 1. The zero-order valence-corrected chi connectivity index (χ0v) is 15.0. The van der Waals surface area contributed by atoms with Crippen LogP contribution in [0.2, 0.25) is 0 Å². The summed E-state index contributed by atoms with van der Waals surface area (Å²) in [4.78, 5) is 20.4. The second kappa shape index (κ2) is 7.41. The molecule has 0 radical (unpaired) electrons. The van der Waals surface area contributed by atoms with Gasteiger partial charge in [-0.05, 0) is 20.8 Å². The van der Waals surface area contributed by atoms with Crippen LogP contribution in [0.5, 0.6) is 0 Å². The van der Waals surface area contributed by atoms with Gasteiger partial charge >= 0.3 is 6.03 Å². The highest BCUT2D eigenvalue weighted by atomic mass is 32.2. The number of nitrogens with one attached hydrogen (secondary N) is 1. The molecule has 0 aliphatic carbocycles. The summed E-state index contributed by atoms with van der Waals surface area (Å²) < 4.78 is 11.7. The van der Waals surface area contributed by atoms with Crippen LogP contribution in [-0.2, 0) is 10.8 Å². The van der Waals surface area contributed by atoms with Gasteiger partial charge < -0.3 is 15.1 Å². The number of urea groups is 1. The Kier molecular flexibility index (Phi) is 5.80. The molecule has 2 rings (SSSR count). The average Bonchev–Trinajstić information content (AvgIpc) is 3.00. The van der Waals surface area contributed by atoms with Crippen molar-refractivity contribution >= 4 is 33.3 Å². The molecular weight excluding hydrogens is 320 g/mol. The first kappa shape index (κ1) is 17.2. The lowest BCUT2D eigenvalue weighted by Gasteiger charge is -2.34. The Hall–Kier alpha value is -1.15. The summed E-state index contributed by atoms with van der Waals surface area (Å²) in [7, 11) is -0.933. The Morgan fingerprint density at radius 2 is 2.05 bits per heavy atom. The van der Waals surface area contributed by atoms with Crippen molar-refractivity contribution in [3.63, 3.8) is 0 Å². The van der Waals surface area contributed by atoms with Crippen LogP contribution in [0.4, 0.5) is 9.93 Å². The second-order valence-corrected chi connectivity index (χ2v) is 9.38. The Balaban J connectivity index is 1.70. The van der Waals surface area contributed by atoms with Crippen molar-refractivity contribution < 1.29 is 9.00 Å². The third-order valence-corrected chi connectivity index (χ3v) is 6.28. The quantitative estimate of drug-likeness (QED) is 0.899. The van der Waals surface area contributed by atoms with Gasteiger partial charge in [0.1, 0.15) is 0 Å². The molecule has 0 aromatic carbocycles. The molecule has 1 saturated heterocycles. The first-order valence-corrected chi connectivity index (χ1v) is 9.63. The molecule has 8 heteroatoms. The van der Waals surface area contributed by atoms with Gasteiger partial charge in [0.25, 0.3) is 0 Å². The van der Waals surface area contributed by atoms with E-state index in [1.165, 1.54) is 0 Å². The maximum atomic E-state index is 12.1. The minimum atomic E-state index is -0.933. The van der Waals surface area contributed by atoms with E-state index in [0.29, 0.717) is 25.4 Å². The zero-order valence-electron chi connectivity index (χ0n) is 13.4. The van der Waals surface area contributed by atoms with Crippen LogP contribution in [0.3, 0.4) is 0 Å². The second-order valence-electron chi connectivity index (χ2n) is 6.18. The van der Waals surface area contributed by atoms with Crippen molar-refractivity contribution in [3.8, 4) is 0 Å². The molecule has 0 unspecified atom stereocenters. The van der Waals surface area contributed by atoms with E-state index < -0.39 is 10.8 Å². The van der Waals surface area contributed by atoms with Gasteiger partial charge in [-0.2, -0.15) is 0 Å². The molecule has 0 spiro atoms. The topological polar surface area (TPSA) is 65.5 Å². The van der Waals surface area contributed by atoms with E-state index in [2.05, 4.69) is 15.2 Å². The number of rotatable bonds is 4. The molecule has 22 heavy (non-hydrogen) atoms.